The zero-order valence-corrected chi connectivity index (χ0v) is 13.2. The van der Waals surface area contributed by atoms with E-state index in [9.17, 15) is 4.79 Å². The number of pyridine rings is 1. The van der Waals surface area contributed by atoms with Crippen LogP contribution in [0.1, 0.15) is 19.9 Å². The summed E-state index contributed by atoms with van der Waals surface area (Å²) in [6, 6.07) is 17.1. The second kappa shape index (κ2) is 6.26. The number of aliphatic hydroxyl groups is 1. The average Bonchev–Trinajstić information content (AvgIpc) is 2.55. The van der Waals surface area contributed by atoms with Crippen LogP contribution < -0.4 is 10.3 Å². The van der Waals surface area contributed by atoms with Crippen LogP contribution in [0.2, 0.25) is 0 Å². The SMILES string of the molecule is CC(C)n1c(=O)c(-c2ccc(OCO)cc2)cc2ccccc21. The van der Waals surface area contributed by atoms with Gasteiger partial charge in [-0.1, -0.05) is 30.3 Å². The highest BCUT2D eigenvalue weighted by Gasteiger charge is 2.13. The average molecular weight is 309 g/mol. The van der Waals surface area contributed by atoms with Crippen LogP contribution >= 0.6 is 0 Å². The Labute approximate surface area is 134 Å². The Kier molecular flexibility index (Phi) is 4.17. The maximum atomic E-state index is 12.9. The van der Waals surface area contributed by atoms with E-state index in [1.165, 1.54) is 0 Å². The third-order valence-corrected chi connectivity index (χ3v) is 3.86. The molecule has 4 nitrogen and oxygen atoms in total. The van der Waals surface area contributed by atoms with Crippen LogP contribution in [0.4, 0.5) is 0 Å². The van der Waals surface area contributed by atoms with Gasteiger partial charge in [-0.05, 0) is 49.1 Å². The van der Waals surface area contributed by atoms with Crippen LogP contribution in [0.5, 0.6) is 5.75 Å². The molecule has 1 aromatic heterocycles. The zero-order valence-electron chi connectivity index (χ0n) is 13.2. The van der Waals surface area contributed by atoms with Gasteiger partial charge in [0.2, 0.25) is 0 Å². The third-order valence-electron chi connectivity index (χ3n) is 3.86. The van der Waals surface area contributed by atoms with Crippen LogP contribution in [0, 0.1) is 0 Å². The summed E-state index contributed by atoms with van der Waals surface area (Å²) in [6.45, 7) is 3.65. The summed E-state index contributed by atoms with van der Waals surface area (Å²) in [6.07, 6.45) is 0. The first-order valence-electron chi connectivity index (χ1n) is 7.60. The number of hydrogen-bond acceptors (Lipinski definition) is 3. The van der Waals surface area contributed by atoms with Gasteiger partial charge in [-0.2, -0.15) is 0 Å². The molecule has 0 aliphatic carbocycles. The minimum Gasteiger partial charge on any atom is -0.468 e. The number of nitrogens with zero attached hydrogens (tertiary/aromatic N) is 1. The van der Waals surface area contributed by atoms with E-state index in [4.69, 9.17) is 9.84 Å². The molecule has 4 heteroatoms. The van der Waals surface area contributed by atoms with Crippen molar-refractivity contribution in [1.29, 1.82) is 0 Å². The number of para-hydroxylation sites is 1. The van der Waals surface area contributed by atoms with Gasteiger partial charge in [-0.15, -0.1) is 0 Å². The van der Waals surface area contributed by atoms with Gasteiger partial charge < -0.3 is 14.4 Å². The number of hydrogen-bond donors (Lipinski definition) is 1. The number of benzene rings is 2. The Morgan fingerprint density at radius 1 is 1.09 bits per heavy atom. The fourth-order valence-electron chi connectivity index (χ4n) is 2.81. The van der Waals surface area contributed by atoms with Crippen molar-refractivity contribution in [2.45, 2.75) is 19.9 Å². The fourth-order valence-corrected chi connectivity index (χ4v) is 2.81. The summed E-state index contributed by atoms with van der Waals surface area (Å²) in [7, 11) is 0. The van der Waals surface area contributed by atoms with Crippen molar-refractivity contribution in [1.82, 2.24) is 4.57 Å². The Morgan fingerprint density at radius 2 is 1.78 bits per heavy atom. The van der Waals surface area contributed by atoms with Crippen molar-refractivity contribution < 1.29 is 9.84 Å². The third kappa shape index (κ3) is 2.85. The van der Waals surface area contributed by atoms with Gasteiger partial charge in [0.15, 0.2) is 6.79 Å². The number of fused-ring (bicyclic) bond motifs is 1. The lowest BCUT2D eigenvalue weighted by atomic mass is 10.0. The molecule has 23 heavy (non-hydrogen) atoms. The molecule has 0 unspecified atom stereocenters. The smallest absolute Gasteiger partial charge is 0.259 e. The molecular formula is C19H19NO3. The Balaban J connectivity index is 2.21. The lowest BCUT2D eigenvalue weighted by Crippen LogP contribution is -2.23. The van der Waals surface area contributed by atoms with Gasteiger partial charge in [0.1, 0.15) is 5.75 Å². The number of aliphatic hydroxyl groups excluding tert-OH is 1. The maximum absolute atomic E-state index is 12.9. The van der Waals surface area contributed by atoms with Gasteiger partial charge in [-0.25, -0.2) is 0 Å². The highest BCUT2D eigenvalue weighted by molar-refractivity contribution is 5.84. The molecule has 3 rings (SSSR count). The highest BCUT2D eigenvalue weighted by Crippen LogP contribution is 2.24. The van der Waals surface area contributed by atoms with E-state index in [0.29, 0.717) is 11.3 Å². The van der Waals surface area contributed by atoms with Gasteiger partial charge >= 0.3 is 0 Å². The number of rotatable bonds is 4. The van der Waals surface area contributed by atoms with E-state index < -0.39 is 0 Å². The van der Waals surface area contributed by atoms with Crippen LogP contribution in [0.3, 0.4) is 0 Å². The Hall–Kier alpha value is -2.59. The lowest BCUT2D eigenvalue weighted by Gasteiger charge is -2.16. The quantitative estimate of drug-likeness (QED) is 0.749. The first kappa shape index (κ1) is 15.3. The largest absolute Gasteiger partial charge is 0.468 e. The molecule has 0 radical (unpaired) electrons. The predicted molar refractivity (Wildman–Crippen MR) is 91.7 cm³/mol. The van der Waals surface area contributed by atoms with Gasteiger partial charge in [0, 0.05) is 11.6 Å². The molecule has 0 aliphatic rings. The molecule has 0 saturated heterocycles. The van der Waals surface area contributed by atoms with E-state index in [0.717, 1.165) is 16.5 Å². The lowest BCUT2D eigenvalue weighted by molar-refractivity contribution is 0.0985. The summed E-state index contributed by atoms with van der Waals surface area (Å²) < 4.78 is 6.85. The van der Waals surface area contributed by atoms with Crippen molar-refractivity contribution in [3.63, 3.8) is 0 Å². The van der Waals surface area contributed by atoms with Crippen molar-refractivity contribution in [2.75, 3.05) is 6.79 Å². The predicted octanol–water partition coefficient (Wildman–Crippen LogP) is 3.58. The first-order valence-corrected chi connectivity index (χ1v) is 7.60. The van der Waals surface area contributed by atoms with Gasteiger partial charge in [-0.3, -0.25) is 4.79 Å². The number of ether oxygens (including phenoxy) is 1. The van der Waals surface area contributed by atoms with Crippen LogP contribution in [0.15, 0.2) is 59.4 Å². The monoisotopic (exact) mass is 309 g/mol. The van der Waals surface area contributed by atoms with Crippen molar-refractivity contribution >= 4 is 10.9 Å². The minimum absolute atomic E-state index is 0.00507. The molecule has 0 amide bonds. The number of aromatic nitrogens is 1. The van der Waals surface area contributed by atoms with Gasteiger partial charge in [0.25, 0.3) is 5.56 Å². The standard InChI is InChI=1S/C19H19NO3/c1-13(2)20-18-6-4-3-5-15(18)11-17(19(20)22)14-7-9-16(10-8-14)23-12-21/h3-11,13,21H,12H2,1-2H3. The van der Waals surface area contributed by atoms with Crippen molar-refractivity contribution in [3.8, 4) is 16.9 Å². The van der Waals surface area contributed by atoms with Crippen LogP contribution in [0.25, 0.3) is 22.0 Å². The summed E-state index contributed by atoms with van der Waals surface area (Å²) >= 11 is 0. The summed E-state index contributed by atoms with van der Waals surface area (Å²) in [5.74, 6) is 0.571. The first-order chi connectivity index (χ1) is 11.1. The zero-order chi connectivity index (χ0) is 16.4. The Bertz CT molecular complexity index is 879. The summed E-state index contributed by atoms with van der Waals surface area (Å²) in [5.41, 5.74) is 2.43. The fraction of sp³-hybridized carbons (Fsp3) is 0.211. The molecule has 0 saturated carbocycles. The molecule has 0 spiro atoms. The van der Waals surface area contributed by atoms with Crippen molar-refractivity contribution in [2.24, 2.45) is 0 Å². The molecule has 1 heterocycles. The topological polar surface area (TPSA) is 51.5 Å². The van der Waals surface area contributed by atoms with E-state index in [-0.39, 0.29) is 18.4 Å². The van der Waals surface area contributed by atoms with Gasteiger partial charge in [0.05, 0.1) is 5.52 Å². The summed E-state index contributed by atoms with van der Waals surface area (Å²) in [5, 5.41) is 9.82. The molecular weight excluding hydrogens is 290 g/mol. The molecule has 0 aliphatic heterocycles. The normalized spacial score (nSPS) is 11.1. The minimum atomic E-state index is -0.366. The van der Waals surface area contributed by atoms with E-state index >= 15 is 0 Å². The molecule has 0 atom stereocenters. The second-order valence-electron chi connectivity index (χ2n) is 5.68. The highest BCUT2D eigenvalue weighted by atomic mass is 16.6. The van der Waals surface area contributed by atoms with E-state index in [1.54, 1.807) is 12.1 Å². The van der Waals surface area contributed by atoms with Crippen LogP contribution in [-0.4, -0.2) is 16.5 Å². The Morgan fingerprint density at radius 3 is 2.43 bits per heavy atom. The van der Waals surface area contributed by atoms with Crippen LogP contribution in [-0.2, 0) is 0 Å². The van der Waals surface area contributed by atoms with Crippen molar-refractivity contribution in [3.05, 3.63) is 65.0 Å². The molecule has 3 aromatic rings. The molecule has 1 N–H and O–H groups in total. The maximum Gasteiger partial charge on any atom is 0.259 e. The second-order valence-corrected chi connectivity index (χ2v) is 5.68. The summed E-state index contributed by atoms with van der Waals surface area (Å²) in [4.78, 5) is 12.9. The molecule has 0 bridgehead atoms. The molecule has 118 valence electrons. The van der Waals surface area contributed by atoms with E-state index in [1.807, 2.05) is 60.9 Å². The molecule has 2 aromatic carbocycles. The molecule has 0 fully saturated rings. The van der Waals surface area contributed by atoms with E-state index in [2.05, 4.69) is 0 Å².